The maximum Gasteiger partial charge on any atom is 0.293 e. The van der Waals surface area contributed by atoms with E-state index in [9.17, 15) is 9.59 Å². The summed E-state index contributed by atoms with van der Waals surface area (Å²) in [7, 11) is 0. The summed E-state index contributed by atoms with van der Waals surface area (Å²) >= 11 is 5.43. The molecule has 1 fully saturated rings. The molecular weight excluding hydrogens is 576 g/mol. The molecule has 1 aliphatic rings. The van der Waals surface area contributed by atoms with E-state index in [1.807, 2.05) is 49.4 Å². The first kappa shape index (κ1) is 19.7. The highest BCUT2D eigenvalue weighted by Gasteiger charge is 2.35. The number of benzene rings is 2. The predicted molar refractivity (Wildman–Crippen MR) is 121 cm³/mol. The summed E-state index contributed by atoms with van der Waals surface area (Å²) in [5.74, 6) is 0.476. The topological polar surface area (TPSA) is 46.6 Å². The van der Waals surface area contributed by atoms with Crippen molar-refractivity contribution >= 4 is 74.2 Å². The van der Waals surface area contributed by atoms with Crippen molar-refractivity contribution in [3.63, 3.8) is 0 Å². The summed E-state index contributed by atoms with van der Waals surface area (Å²) in [6.07, 6.45) is 1.76. The lowest BCUT2D eigenvalue weighted by Crippen LogP contribution is -2.27. The van der Waals surface area contributed by atoms with Crippen LogP contribution < -0.4 is 4.74 Å². The minimum Gasteiger partial charge on any atom is -0.492 e. The van der Waals surface area contributed by atoms with Crippen molar-refractivity contribution in [2.24, 2.45) is 0 Å². The van der Waals surface area contributed by atoms with Gasteiger partial charge in [-0.2, -0.15) is 0 Å². The summed E-state index contributed by atoms with van der Waals surface area (Å²) in [5, 5.41) is -0.247. The van der Waals surface area contributed by atoms with Crippen LogP contribution >= 0.6 is 56.9 Å². The normalized spacial score (nSPS) is 15.8. The van der Waals surface area contributed by atoms with Crippen LogP contribution in [0.5, 0.6) is 5.75 Å². The van der Waals surface area contributed by atoms with Crippen LogP contribution in [0.3, 0.4) is 0 Å². The van der Waals surface area contributed by atoms with Crippen LogP contribution in [0.4, 0.5) is 4.79 Å². The Bertz CT molecular complexity index is 884. The van der Waals surface area contributed by atoms with Gasteiger partial charge in [0.05, 0.1) is 21.6 Å². The quantitative estimate of drug-likeness (QED) is 0.339. The molecule has 2 aromatic carbocycles. The van der Waals surface area contributed by atoms with Gasteiger partial charge in [-0.05, 0) is 87.6 Å². The molecule has 1 heterocycles. The summed E-state index contributed by atoms with van der Waals surface area (Å²) in [6.45, 7) is 2.74. The zero-order chi connectivity index (χ0) is 18.7. The van der Waals surface area contributed by atoms with Crippen molar-refractivity contribution in [3.05, 3.63) is 65.6 Å². The Balaban J connectivity index is 1.91. The van der Waals surface area contributed by atoms with Crippen molar-refractivity contribution in [1.29, 1.82) is 0 Å². The molecule has 1 saturated heterocycles. The number of ether oxygens (including phenoxy) is 1. The van der Waals surface area contributed by atoms with Crippen molar-refractivity contribution in [1.82, 2.24) is 4.90 Å². The summed E-state index contributed by atoms with van der Waals surface area (Å²) in [4.78, 5) is 26.8. The molecule has 0 bridgehead atoms. The molecule has 134 valence electrons. The number of thioether (sulfide) groups is 1. The summed E-state index contributed by atoms with van der Waals surface area (Å²) in [6, 6.07) is 13.5. The average Bonchev–Trinajstić information content (AvgIpc) is 2.86. The fraction of sp³-hybridized carbons (Fsp3) is 0.158. The van der Waals surface area contributed by atoms with Gasteiger partial charge in [-0.1, -0.05) is 30.3 Å². The van der Waals surface area contributed by atoms with Crippen molar-refractivity contribution in [2.75, 3.05) is 6.61 Å². The highest BCUT2D eigenvalue weighted by atomic mass is 127. The minimum absolute atomic E-state index is 0.247. The summed E-state index contributed by atoms with van der Waals surface area (Å²) < 4.78 is 7.77. The molecule has 4 nitrogen and oxygen atoms in total. The molecule has 26 heavy (non-hydrogen) atoms. The molecule has 0 radical (unpaired) electrons. The van der Waals surface area contributed by atoms with Crippen LogP contribution in [0.15, 0.2) is 47.4 Å². The average molecular weight is 591 g/mol. The van der Waals surface area contributed by atoms with Gasteiger partial charge in [0.1, 0.15) is 5.75 Å². The molecule has 2 amide bonds. The van der Waals surface area contributed by atoms with Crippen LogP contribution in [0.1, 0.15) is 18.1 Å². The molecule has 0 unspecified atom stereocenters. The number of halogens is 2. The molecule has 0 saturated carbocycles. The molecule has 7 heteroatoms. The lowest BCUT2D eigenvalue weighted by Gasteiger charge is -2.12. The molecule has 1 aliphatic heterocycles. The Morgan fingerprint density at radius 2 is 1.88 bits per heavy atom. The standard InChI is InChI=1S/C19H15I2NO3S/c1-2-25-17-13(8-14(20)10-15(17)21)9-16-18(23)22(19(24)26-16)11-12-6-4-3-5-7-12/h3-10H,2,11H2,1H3/b16-9-. The van der Waals surface area contributed by atoms with Gasteiger partial charge >= 0.3 is 0 Å². The zero-order valence-corrected chi connectivity index (χ0v) is 19.0. The highest BCUT2D eigenvalue weighted by molar-refractivity contribution is 14.1. The number of amides is 2. The fourth-order valence-electron chi connectivity index (χ4n) is 2.53. The second-order valence-electron chi connectivity index (χ2n) is 5.49. The Kier molecular flexibility index (Phi) is 6.62. The Morgan fingerprint density at radius 1 is 1.15 bits per heavy atom. The van der Waals surface area contributed by atoms with E-state index in [4.69, 9.17) is 4.74 Å². The van der Waals surface area contributed by atoms with Crippen LogP contribution in [-0.2, 0) is 11.3 Å². The van der Waals surface area contributed by atoms with Crippen molar-refractivity contribution in [2.45, 2.75) is 13.5 Å². The van der Waals surface area contributed by atoms with Gasteiger partial charge in [-0.25, -0.2) is 0 Å². The SMILES string of the molecule is CCOc1c(I)cc(I)cc1/C=C1\SC(=O)N(Cc2ccccc2)C1=O. The third kappa shape index (κ3) is 4.42. The van der Waals surface area contributed by atoms with E-state index in [2.05, 4.69) is 45.2 Å². The fourth-order valence-corrected chi connectivity index (χ4v) is 5.40. The van der Waals surface area contributed by atoms with E-state index in [0.29, 0.717) is 11.5 Å². The van der Waals surface area contributed by atoms with E-state index in [-0.39, 0.29) is 17.7 Å². The molecule has 2 aromatic rings. The lowest BCUT2D eigenvalue weighted by molar-refractivity contribution is -0.123. The number of nitrogens with zero attached hydrogens (tertiary/aromatic N) is 1. The van der Waals surface area contributed by atoms with E-state index < -0.39 is 0 Å². The summed E-state index contributed by atoms with van der Waals surface area (Å²) in [5.41, 5.74) is 1.74. The third-order valence-electron chi connectivity index (χ3n) is 3.67. The van der Waals surface area contributed by atoms with Crippen LogP contribution in [-0.4, -0.2) is 22.7 Å². The van der Waals surface area contributed by atoms with Gasteiger partial charge in [0.25, 0.3) is 11.1 Å². The maximum absolute atomic E-state index is 12.7. The number of hydrogen-bond acceptors (Lipinski definition) is 4. The number of carbonyl (C=O) groups excluding carboxylic acids is 2. The van der Waals surface area contributed by atoms with Gasteiger partial charge in [0, 0.05) is 9.13 Å². The van der Waals surface area contributed by atoms with Crippen LogP contribution in [0, 0.1) is 7.14 Å². The van der Waals surface area contributed by atoms with Gasteiger partial charge in [-0.15, -0.1) is 0 Å². The Hall–Kier alpha value is -1.07. The maximum atomic E-state index is 12.7. The zero-order valence-electron chi connectivity index (χ0n) is 13.9. The van der Waals surface area contributed by atoms with Crippen molar-refractivity contribution < 1.29 is 14.3 Å². The number of hydrogen-bond donors (Lipinski definition) is 0. The second kappa shape index (κ2) is 8.75. The van der Waals surface area contributed by atoms with Gasteiger partial charge < -0.3 is 4.74 Å². The first-order valence-electron chi connectivity index (χ1n) is 7.90. The molecule has 3 rings (SSSR count). The first-order valence-corrected chi connectivity index (χ1v) is 10.9. The monoisotopic (exact) mass is 591 g/mol. The lowest BCUT2D eigenvalue weighted by atomic mass is 10.1. The molecule has 0 atom stereocenters. The molecule has 0 N–H and O–H groups in total. The smallest absolute Gasteiger partial charge is 0.293 e. The Morgan fingerprint density at radius 3 is 2.58 bits per heavy atom. The van der Waals surface area contributed by atoms with Gasteiger partial charge in [-0.3, -0.25) is 14.5 Å². The van der Waals surface area contributed by atoms with E-state index in [0.717, 1.165) is 35.8 Å². The second-order valence-corrected chi connectivity index (χ2v) is 8.89. The van der Waals surface area contributed by atoms with E-state index in [1.54, 1.807) is 6.08 Å². The predicted octanol–water partition coefficient (Wildman–Crippen LogP) is 5.53. The highest BCUT2D eigenvalue weighted by Crippen LogP contribution is 2.36. The first-order chi connectivity index (χ1) is 12.5. The van der Waals surface area contributed by atoms with Crippen LogP contribution in [0.2, 0.25) is 0 Å². The number of imide groups is 1. The van der Waals surface area contributed by atoms with Gasteiger partial charge in [0.15, 0.2) is 0 Å². The molecule has 0 aromatic heterocycles. The van der Waals surface area contributed by atoms with Crippen LogP contribution in [0.25, 0.3) is 6.08 Å². The van der Waals surface area contributed by atoms with Crippen molar-refractivity contribution in [3.8, 4) is 5.75 Å². The number of carbonyl (C=O) groups is 2. The minimum atomic E-state index is -0.264. The van der Waals surface area contributed by atoms with E-state index >= 15 is 0 Å². The number of rotatable bonds is 5. The largest absolute Gasteiger partial charge is 0.492 e. The van der Waals surface area contributed by atoms with Gasteiger partial charge in [0.2, 0.25) is 0 Å². The Labute approximate surface area is 183 Å². The molecule has 0 spiro atoms. The molecule has 0 aliphatic carbocycles. The van der Waals surface area contributed by atoms with E-state index in [1.165, 1.54) is 4.90 Å². The molecular formula is C19H15I2NO3S. The third-order valence-corrected chi connectivity index (χ3v) is 6.00.